The van der Waals surface area contributed by atoms with Gasteiger partial charge in [0.15, 0.2) is 0 Å². The summed E-state index contributed by atoms with van der Waals surface area (Å²) in [4.78, 5) is 19.6. The van der Waals surface area contributed by atoms with Crippen molar-refractivity contribution in [1.29, 1.82) is 0 Å². The second kappa shape index (κ2) is 6.25. The molecule has 4 N–H and O–H groups in total. The van der Waals surface area contributed by atoms with E-state index in [-0.39, 0.29) is 17.0 Å². The lowest BCUT2D eigenvalue weighted by Gasteiger charge is -2.14. The zero-order chi connectivity index (χ0) is 14.5. The second-order valence-corrected chi connectivity index (χ2v) is 4.48. The van der Waals surface area contributed by atoms with Gasteiger partial charge in [-0.05, 0) is 19.1 Å². The van der Waals surface area contributed by atoms with Gasteiger partial charge in [-0.3, -0.25) is 4.79 Å². The van der Waals surface area contributed by atoms with Crippen LogP contribution in [0.15, 0.2) is 28.9 Å². The molecule has 2 aromatic heterocycles. The Kier molecular flexibility index (Phi) is 4.41. The molecule has 0 spiro atoms. The summed E-state index contributed by atoms with van der Waals surface area (Å²) in [5.41, 5.74) is 5.47. The first-order valence-corrected chi connectivity index (χ1v) is 6.29. The first-order chi connectivity index (χ1) is 9.54. The van der Waals surface area contributed by atoms with Crippen molar-refractivity contribution in [3.8, 4) is 0 Å². The number of rotatable bonds is 5. The minimum absolute atomic E-state index is 0.0446. The van der Waals surface area contributed by atoms with Crippen molar-refractivity contribution < 1.29 is 9.21 Å². The van der Waals surface area contributed by atoms with Crippen LogP contribution in [0, 0.1) is 0 Å². The van der Waals surface area contributed by atoms with Gasteiger partial charge in [-0.15, -0.1) is 0 Å². The van der Waals surface area contributed by atoms with Crippen LogP contribution < -0.4 is 16.4 Å². The van der Waals surface area contributed by atoms with E-state index in [0.29, 0.717) is 18.1 Å². The van der Waals surface area contributed by atoms with Crippen molar-refractivity contribution in [2.75, 3.05) is 11.1 Å². The number of carbonyl (C=O) groups is 1. The summed E-state index contributed by atoms with van der Waals surface area (Å²) in [6, 6.07) is 4.53. The van der Waals surface area contributed by atoms with E-state index in [1.54, 1.807) is 25.3 Å². The fourth-order valence-corrected chi connectivity index (χ4v) is 1.73. The van der Waals surface area contributed by atoms with E-state index in [1.807, 2.05) is 0 Å². The predicted octanol–water partition coefficient (Wildman–Crippen LogP) is 1.42. The Bertz CT molecular complexity index is 567. The molecule has 0 aliphatic rings. The van der Waals surface area contributed by atoms with Gasteiger partial charge in [0.1, 0.15) is 22.8 Å². The number of hydrogen-bond donors (Lipinski definition) is 3. The molecule has 0 bridgehead atoms. The standard InChI is InChI=1S/C12H14ClN5O2/c1-7(11(19)15-6-8-3-2-4-20-8)16-10-5-9(13)17-12(14)18-10/h2-5,7H,6H2,1H3,(H,15,19)(H3,14,16,17,18)/t7-/m0/s1. The Morgan fingerprint density at radius 3 is 3.00 bits per heavy atom. The minimum atomic E-state index is -0.504. The van der Waals surface area contributed by atoms with Crippen molar-refractivity contribution in [2.24, 2.45) is 0 Å². The molecular weight excluding hydrogens is 282 g/mol. The Balaban J connectivity index is 1.90. The van der Waals surface area contributed by atoms with Crippen LogP contribution in [0.5, 0.6) is 0 Å². The van der Waals surface area contributed by atoms with Crippen LogP contribution in [-0.4, -0.2) is 21.9 Å². The second-order valence-electron chi connectivity index (χ2n) is 4.10. The fraction of sp³-hybridized carbons (Fsp3) is 0.250. The summed E-state index contributed by atoms with van der Waals surface area (Å²) in [6.45, 7) is 2.02. The molecule has 2 heterocycles. The minimum Gasteiger partial charge on any atom is -0.467 e. The van der Waals surface area contributed by atoms with Gasteiger partial charge in [-0.25, -0.2) is 4.98 Å². The molecule has 0 radical (unpaired) electrons. The van der Waals surface area contributed by atoms with Gasteiger partial charge in [-0.1, -0.05) is 11.6 Å². The molecule has 0 saturated carbocycles. The smallest absolute Gasteiger partial charge is 0.242 e. The number of amides is 1. The van der Waals surface area contributed by atoms with E-state index in [1.165, 1.54) is 6.07 Å². The number of nitrogens with two attached hydrogens (primary N) is 1. The number of nitrogens with zero attached hydrogens (tertiary/aromatic N) is 2. The van der Waals surface area contributed by atoms with E-state index in [9.17, 15) is 4.79 Å². The van der Waals surface area contributed by atoms with Crippen molar-refractivity contribution in [1.82, 2.24) is 15.3 Å². The predicted molar refractivity (Wildman–Crippen MR) is 75.1 cm³/mol. The van der Waals surface area contributed by atoms with Crippen LogP contribution in [0.3, 0.4) is 0 Å². The van der Waals surface area contributed by atoms with E-state index in [4.69, 9.17) is 21.8 Å². The maximum absolute atomic E-state index is 11.9. The highest BCUT2D eigenvalue weighted by Crippen LogP contribution is 2.13. The lowest BCUT2D eigenvalue weighted by molar-refractivity contribution is -0.121. The summed E-state index contributed by atoms with van der Waals surface area (Å²) in [6.07, 6.45) is 1.55. The molecule has 2 aromatic rings. The maximum atomic E-state index is 11.9. The first-order valence-electron chi connectivity index (χ1n) is 5.91. The molecule has 1 amide bonds. The molecule has 0 aliphatic heterocycles. The highest BCUT2D eigenvalue weighted by molar-refractivity contribution is 6.29. The number of carbonyl (C=O) groups excluding carboxylic acids is 1. The molecular formula is C12H14ClN5O2. The van der Waals surface area contributed by atoms with Crippen LogP contribution in [0.1, 0.15) is 12.7 Å². The van der Waals surface area contributed by atoms with Gasteiger partial charge in [-0.2, -0.15) is 4.98 Å². The molecule has 7 nitrogen and oxygen atoms in total. The first kappa shape index (κ1) is 14.1. The average Bonchev–Trinajstić information content (AvgIpc) is 2.87. The zero-order valence-electron chi connectivity index (χ0n) is 10.8. The number of nitrogen functional groups attached to an aromatic ring is 1. The highest BCUT2D eigenvalue weighted by Gasteiger charge is 2.14. The topological polar surface area (TPSA) is 106 Å². The third-order valence-corrected chi connectivity index (χ3v) is 2.68. The van der Waals surface area contributed by atoms with Crippen molar-refractivity contribution in [3.63, 3.8) is 0 Å². The Labute approximate surface area is 120 Å². The Morgan fingerprint density at radius 1 is 1.55 bits per heavy atom. The number of nitrogens with one attached hydrogen (secondary N) is 2. The Hall–Kier alpha value is -2.28. The number of anilines is 2. The molecule has 106 valence electrons. The number of hydrogen-bond acceptors (Lipinski definition) is 6. The largest absolute Gasteiger partial charge is 0.467 e. The van der Waals surface area contributed by atoms with E-state index in [2.05, 4.69) is 20.6 Å². The van der Waals surface area contributed by atoms with Crippen LogP contribution in [-0.2, 0) is 11.3 Å². The zero-order valence-corrected chi connectivity index (χ0v) is 11.5. The van der Waals surface area contributed by atoms with E-state index >= 15 is 0 Å². The Morgan fingerprint density at radius 2 is 2.35 bits per heavy atom. The van der Waals surface area contributed by atoms with Crippen molar-refractivity contribution in [3.05, 3.63) is 35.4 Å². The third-order valence-electron chi connectivity index (χ3n) is 2.49. The normalized spacial score (nSPS) is 11.9. The van der Waals surface area contributed by atoms with Gasteiger partial charge >= 0.3 is 0 Å². The molecule has 0 fully saturated rings. The quantitative estimate of drug-likeness (QED) is 0.720. The van der Waals surface area contributed by atoms with Gasteiger partial charge in [0.25, 0.3) is 0 Å². The van der Waals surface area contributed by atoms with Crippen LogP contribution in [0.4, 0.5) is 11.8 Å². The fourth-order valence-electron chi connectivity index (χ4n) is 1.54. The summed E-state index contributed by atoms with van der Waals surface area (Å²) in [5.74, 6) is 0.918. The number of furan rings is 1. The third kappa shape index (κ3) is 3.86. The number of halogens is 1. The van der Waals surface area contributed by atoms with Gasteiger partial charge < -0.3 is 20.8 Å². The summed E-state index contributed by atoms with van der Waals surface area (Å²) in [5, 5.41) is 5.84. The number of aromatic nitrogens is 2. The SMILES string of the molecule is C[C@H](Nc1cc(Cl)nc(N)n1)C(=O)NCc1ccco1. The summed E-state index contributed by atoms with van der Waals surface area (Å²) < 4.78 is 5.12. The van der Waals surface area contributed by atoms with Crippen LogP contribution >= 0.6 is 11.6 Å². The molecule has 0 aromatic carbocycles. The summed E-state index contributed by atoms with van der Waals surface area (Å²) >= 11 is 5.76. The molecule has 2 rings (SSSR count). The monoisotopic (exact) mass is 295 g/mol. The molecule has 20 heavy (non-hydrogen) atoms. The van der Waals surface area contributed by atoms with E-state index in [0.717, 1.165) is 0 Å². The lowest BCUT2D eigenvalue weighted by atomic mass is 10.3. The molecule has 0 unspecified atom stereocenters. The molecule has 0 aliphatic carbocycles. The van der Waals surface area contributed by atoms with Crippen LogP contribution in [0.25, 0.3) is 0 Å². The molecule has 1 atom stereocenters. The van der Waals surface area contributed by atoms with Crippen molar-refractivity contribution >= 4 is 29.3 Å². The lowest BCUT2D eigenvalue weighted by Crippen LogP contribution is -2.37. The average molecular weight is 296 g/mol. The van der Waals surface area contributed by atoms with Gasteiger partial charge in [0.2, 0.25) is 11.9 Å². The molecule has 0 saturated heterocycles. The molecule has 8 heteroatoms. The van der Waals surface area contributed by atoms with Crippen molar-refractivity contribution in [2.45, 2.75) is 19.5 Å². The maximum Gasteiger partial charge on any atom is 0.242 e. The van der Waals surface area contributed by atoms with E-state index < -0.39 is 6.04 Å². The van der Waals surface area contributed by atoms with Gasteiger partial charge in [0.05, 0.1) is 12.8 Å². The van der Waals surface area contributed by atoms with Crippen LogP contribution in [0.2, 0.25) is 5.15 Å². The van der Waals surface area contributed by atoms with Gasteiger partial charge in [0, 0.05) is 6.07 Å². The highest BCUT2D eigenvalue weighted by atomic mass is 35.5. The summed E-state index contributed by atoms with van der Waals surface area (Å²) in [7, 11) is 0.